The summed E-state index contributed by atoms with van der Waals surface area (Å²) in [6, 6.07) is 16.7. The van der Waals surface area contributed by atoms with Crippen LogP contribution in [0.2, 0.25) is 0 Å². The molecule has 6 nitrogen and oxygen atoms in total. The first-order valence-corrected chi connectivity index (χ1v) is 9.11. The molecule has 0 radical (unpaired) electrons. The lowest BCUT2D eigenvalue weighted by molar-refractivity contribution is -0.123. The van der Waals surface area contributed by atoms with E-state index in [4.69, 9.17) is 0 Å². The van der Waals surface area contributed by atoms with Crippen molar-refractivity contribution >= 4 is 17.5 Å². The maximum absolute atomic E-state index is 12.5. The Hall–Kier alpha value is -3.41. The third kappa shape index (κ3) is 4.85. The first kappa shape index (κ1) is 19.4. The predicted octanol–water partition coefficient (Wildman–Crippen LogP) is 3.99. The van der Waals surface area contributed by atoms with Gasteiger partial charge in [0.15, 0.2) is 0 Å². The number of aromatic amines is 1. The minimum atomic E-state index is -0.499. The topological polar surface area (TPSA) is 86.9 Å². The molecule has 0 aliphatic rings. The van der Waals surface area contributed by atoms with E-state index in [-0.39, 0.29) is 11.8 Å². The van der Waals surface area contributed by atoms with Crippen LogP contribution in [0.5, 0.6) is 0 Å². The van der Waals surface area contributed by atoms with Gasteiger partial charge in [-0.1, -0.05) is 51.1 Å². The number of carbonyl (C=O) groups is 2. The molecule has 0 saturated carbocycles. The molecule has 0 atom stereocenters. The second-order valence-corrected chi connectivity index (χ2v) is 7.63. The van der Waals surface area contributed by atoms with E-state index in [0.29, 0.717) is 17.8 Å². The summed E-state index contributed by atoms with van der Waals surface area (Å²) in [6.45, 7) is 5.95. The van der Waals surface area contributed by atoms with Gasteiger partial charge in [0.2, 0.25) is 5.91 Å². The molecule has 6 heteroatoms. The van der Waals surface area contributed by atoms with Gasteiger partial charge in [0.25, 0.3) is 5.91 Å². The van der Waals surface area contributed by atoms with Crippen molar-refractivity contribution in [2.75, 3.05) is 5.32 Å². The summed E-state index contributed by atoms with van der Waals surface area (Å²) in [5.74, 6) is -0.285. The number of nitrogens with zero attached hydrogens (tertiary/aromatic N) is 1. The minimum Gasteiger partial charge on any atom is -0.348 e. The van der Waals surface area contributed by atoms with Gasteiger partial charge < -0.3 is 10.6 Å². The second-order valence-electron chi connectivity index (χ2n) is 7.63. The summed E-state index contributed by atoms with van der Waals surface area (Å²) in [6.07, 6.45) is 1.71. The molecule has 28 heavy (non-hydrogen) atoms. The Morgan fingerprint density at radius 3 is 2.43 bits per heavy atom. The normalized spacial score (nSPS) is 11.1. The van der Waals surface area contributed by atoms with Crippen molar-refractivity contribution in [3.63, 3.8) is 0 Å². The van der Waals surface area contributed by atoms with E-state index in [1.54, 1.807) is 30.5 Å². The average molecular weight is 376 g/mol. The lowest BCUT2D eigenvalue weighted by Gasteiger charge is -2.18. The molecule has 3 rings (SSSR count). The van der Waals surface area contributed by atoms with Crippen LogP contribution in [0.1, 0.15) is 36.7 Å². The Morgan fingerprint density at radius 2 is 1.79 bits per heavy atom. The first-order valence-electron chi connectivity index (χ1n) is 9.11. The summed E-state index contributed by atoms with van der Waals surface area (Å²) >= 11 is 0. The van der Waals surface area contributed by atoms with E-state index in [9.17, 15) is 9.59 Å². The number of nitrogens with one attached hydrogen (secondary N) is 3. The zero-order valence-corrected chi connectivity index (χ0v) is 16.2. The van der Waals surface area contributed by atoms with Crippen LogP contribution in [0.15, 0.2) is 60.8 Å². The van der Waals surface area contributed by atoms with Crippen molar-refractivity contribution in [2.24, 2.45) is 5.41 Å². The number of aromatic nitrogens is 2. The molecule has 0 aliphatic heterocycles. The number of carbonyl (C=O) groups excluding carboxylic acids is 2. The number of anilines is 1. The van der Waals surface area contributed by atoms with Gasteiger partial charge >= 0.3 is 0 Å². The summed E-state index contributed by atoms with van der Waals surface area (Å²) in [7, 11) is 0. The van der Waals surface area contributed by atoms with E-state index in [1.807, 2.05) is 51.1 Å². The summed E-state index contributed by atoms with van der Waals surface area (Å²) in [4.78, 5) is 24.6. The van der Waals surface area contributed by atoms with Gasteiger partial charge in [-0.05, 0) is 35.4 Å². The van der Waals surface area contributed by atoms with Crippen LogP contribution < -0.4 is 10.6 Å². The van der Waals surface area contributed by atoms with E-state index in [2.05, 4.69) is 20.8 Å². The van der Waals surface area contributed by atoms with Gasteiger partial charge in [-0.3, -0.25) is 14.7 Å². The monoisotopic (exact) mass is 376 g/mol. The van der Waals surface area contributed by atoms with Crippen LogP contribution in [0.25, 0.3) is 11.3 Å². The van der Waals surface area contributed by atoms with Crippen molar-refractivity contribution < 1.29 is 9.59 Å². The highest BCUT2D eigenvalue weighted by molar-refractivity contribution is 5.98. The van der Waals surface area contributed by atoms with Crippen molar-refractivity contribution in [3.05, 3.63) is 71.9 Å². The Morgan fingerprint density at radius 1 is 1.04 bits per heavy atom. The average Bonchev–Trinajstić information content (AvgIpc) is 3.21. The fourth-order valence-corrected chi connectivity index (χ4v) is 2.56. The van der Waals surface area contributed by atoms with Crippen LogP contribution in [0.3, 0.4) is 0 Å². The molecule has 0 bridgehead atoms. The van der Waals surface area contributed by atoms with E-state index >= 15 is 0 Å². The molecule has 0 unspecified atom stereocenters. The Kier molecular flexibility index (Phi) is 5.59. The molecule has 1 heterocycles. The molecule has 1 aromatic heterocycles. The highest BCUT2D eigenvalue weighted by atomic mass is 16.2. The third-order valence-electron chi connectivity index (χ3n) is 4.28. The molecule has 0 aliphatic carbocycles. The fraction of sp³-hybridized carbons (Fsp3) is 0.227. The molecule has 3 N–H and O–H groups in total. The van der Waals surface area contributed by atoms with Gasteiger partial charge in [-0.2, -0.15) is 5.10 Å². The largest absolute Gasteiger partial charge is 0.348 e. The van der Waals surface area contributed by atoms with Crippen molar-refractivity contribution in [1.29, 1.82) is 0 Å². The van der Waals surface area contributed by atoms with E-state index in [1.165, 1.54) is 0 Å². The third-order valence-corrected chi connectivity index (χ3v) is 4.28. The number of hydrogen-bond donors (Lipinski definition) is 3. The summed E-state index contributed by atoms with van der Waals surface area (Å²) in [5, 5.41) is 12.6. The van der Waals surface area contributed by atoms with Crippen molar-refractivity contribution in [1.82, 2.24) is 15.5 Å². The quantitative estimate of drug-likeness (QED) is 0.629. The lowest BCUT2D eigenvalue weighted by atomic mass is 9.95. The standard InChI is InChI=1S/C22H24N4O2/c1-22(2,3)21(28)25-18-6-4-5-17(13-18)20(27)23-14-15-7-9-16(10-8-15)19-11-12-24-26-19/h4-13H,14H2,1-3H3,(H,23,27)(H,24,26)(H,25,28). The first-order chi connectivity index (χ1) is 13.3. The Bertz CT molecular complexity index is 955. The van der Waals surface area contributed by atoms with Gasteiger partial charge in [-0.25, -0.2) is 0 Å². The summed E-state index contributed by atoms with van der Waals surface area (Å²) < 4.78 is 0. The second kappa shape index (κ2) is 8.08. The van der Waals surface area contributed by atoms with Crippen LogP contribution in [0.4, 0.5) is 5.69 Å². The molecule has 0 saturated heterocycles. The van der Waals surface area contributed by atoms with Crippen LogP contribution in [0, 0.1) is 5.41 Å². The maximum Gasteiger partial charge on any atom is 0.251 e. The van der Waals surface area contributed by atoms with Gasteiger partial charge in [0, 0.05) is 29.4 Å². The Balaban J connectivity index is 1.60. The van der Waals surface area contributed by atoms with Gasteiger partial charge in [0.1, 0.15) is 0 Å². The van der Waals surface area contributed by atoms with Crippen LogP contribution in [-0.2, 0) is 11.3 Å². The fourth-order valence-electron chi connectivity index (χ4n) is 2.56. The number of hydrogen-bond acceptors (Lipinski definition) is 3. The lowest BCUT2D eigenvalue weighted by Crippen LogP contribution is -2.28. The van der Waals surface area contributed by atoms with Gasteiger partial charge in [-0.15, -0.1) is 0 Å². The zero-order chi connectivity index (χ0) is 20.1. The number of rotatable bonds is 5. The van der Waals surface area contributed by atoms with E-state index in [0.717, 1.165) is 16.8 Å². The van der Waals surface area contributed by atoms with Crippen LogP contribution >= 0.6 is 0 Å². The molecule has 2 amide bonds. The molecular weight excluding hydrogens is 352 g/mol. The number of benzene rings is 2. The predicted molar refractivity (Wildman–Crippen MR) is 110 cm³/mol. The van der Waals surface area contributed by atoms with Crippen molar-refractivity contribution in [2.45, 2.75) is 27.3 Å². The molecule has 0 spiro atoms. The van der Waals surface area contributed by atoms with Crippen LogP contribution in [-0.4, -0.2) is 22.0 Å². The Labute approximate surface area is 164 Å². The molecule has 3 aromatic rings. The molecular formula is C22H24N4O2. The number of amides is 2. The highest BCUT2D eigenvalue weighted by Crippen LogP contribution is 2.19. The molecule has 144 valence electrons. The van der Waals surface area contributed by atoms with Gasteiger partial charge in [0.05, 0.1) is 5.69 Å². The maximum atomic E-state index is 12.5. The van der Waals surface area contributed by atoms with Crippen molar-refractivity contribution in [3.8, 4) is 11.3 Å². The van der Waals surface area contributed by atoms with E-state index < -0.39 is 5.41 Å². The molecule has 2 aromatic carbocycles. The smallest absolute Gasteiger partial charge is 0.251 e. The highest BCUT2D eigenvalue weighted by Gasteiger charge is 2.21. The number of H-pyrrole nitrogens is 1. The summed E-state index contributed by atoms with van der Waals surface area (Å²) in [5.41, 5.74) is 3.59. The SMILES string of the molecule is CC(C)(C)C(=O)Nc1cccc(C(=O)NCc2ccc(-c3ccn[nH]3)cc2)c1. The zero-order valence-electron chi connectivity index (χ0n) is 16.2. The molecule has 0 fully saturated rings. The minimum absolute atomic E-state index is 0.0950.